The van der Waals surface area contributed by atoms with Crippen molar-refractivity contribution < 1.29 is 14.7 Å². The number of rotatable bonds is 6. The first-order chi connectivity index (χ1) is 8.89. The normalized spacial score (nSPS) is 28.7. The minimum Gasteiger partial charge on any atom is -0.481 e. The number of hydrogen-bond acceptors (Lipinski definition) is 2. The molecule has 19 heavy (non-hydrogen) atoms. The zero-order valence-electron chi connectivity index (χ0n) is 12.4. The zero-order chi connectivity index (χ0) is 14.5. The maximum Gasteiger partial charge on any atom is 0.311 e. The average Bonchev–Trinajstić information content (AvgIpc) is 2.38. The van der Waals surface area contributed by atoms with E-state index in [1.807, 2.05) is 6.92 Å². The van der Waals surface area contributed by atoms with Crippen LogP contribution in [0.5, 0.6) is 0 Å². The van der Waals surface area contributed by atoms with E-state index in [4.69, 9.17) is 0 Å². The molecule has 1 unspecified atom stereocenters. The van der Waals surface area contributed by atoms with Crippen molar-refractivity contribution in [2.75, 3.05) is 6.54 Å². The number of hydrogen-bond donors (Lipinski definition) is 2. The quantitative estimate of drug-likeness (QED) is 0.779. The van der Waals surface area contributed by atoms with Crippen LogP contribution in [0.4, 0.5) is 0 Å². The van der Waals surface area contributed by atoms with Crippen molar-refractivity contribution in [2.24, 2.45) is 17.3 Å². The highest BCUT2D eigenvalue weighted by Crippen LogP contribution is 2.38. The van der Waals surface area contributed by atoms with Gasteiger partial charge in [0.1, 0.15) is 0 Å². The molecule has 0 aromatic heterocycles. The van der Waals surface area contributed by atoms with Crippen LogP contribution in [0, 0.1) is 17.3 Å². The second-order valence-electron chi connectivity index (χ2n) is 6.26. The van der Waals surface area contributed by atoms with E-state index in [0.29, 0.717) is 31.1 Å². The third-order valence-corrected chi connectivity index (χ3v) is 4.54. The molecule has 1 saturated carbocycles. The van der Waals surface area contributed by atoms with Crippen LogP contribution in [0.3, 0.4) is 0 Å². The van der Waals surface area contributed by atoms with Crippen molar-refractivity contribution in [3.8, 4) is 0 Å². The Labute approximate surface area is 116 Å². The van der Waals surface area contributed by atoms with Gasteiger partial charge in [-0.25, -0.2) is 0 Å². The fraction of sp³-hybridized carbons (Fsp3) is 0.867. The summed E-state index contributed by atoms with van der Waals surface area (Å²) in [5.41, 5.74) is -0.738. The van der Waals surface area contributed by atoms with Crippen LogP contribution in [0.1, 0.15) is 59.3 Å². The summed E-state index contributed by atoms with van der Waals surface area (Å²) in [5, 5.41) is 12.3. The third kappa shape index (κ3) is 4.51. The van der Waals surface area contributed by atoms with Gasteiger partial charge in [0.05, 0.1) is 5.41 Å². The Bertz CT molecular complexity index is 319. The number of amides is 1. The van der Waals surface area contributed by atoms with Gasteiger partial charge in [-0.3, -0.25) is 9.59 Å². The van der Waals surface area contributed by atoms with Crippen LogP contribution >= 0.6 is 0 Å². The predicted molar refractivity (Wildman–Crippen MR) is 74.8 cm³/mol. The second kappa shape index (κ2) is 6.92. The average molecular weight is 269 g/mol. The maximum atomic E-state index is 11.8. The van der Waals surface area contributed by atoms with Crippen LogP contribution < -0.4 is 5.32 Å². The van der Waals surface area contributed by atoms with Crippen LogP contribution in [0.25, 0.3) is 0 Å². The van der Waals surface area contributed by atoms with E-state index in [9.17, 15) is 14.7 Å². The number of carbonyl (C=O) groups excluding carboxylic acids is 1. The Morgan fingerprint density at radius 1 is 1.37 bits per heavy atom. The van der Waals surface area contributed by atoms with Gasteiger partial charge in [0, 0.05) is 13.0 Å². The lowest BCUT2D eigenvalue weighted by Gasteiger charge is -2.35. The van der Waals surface area contributed by atoms with Gasteiger partial charge in [-0.15, -0.1) is 0 Å². The molecule has 1 rings (SSSR count). The third-order valence-electron chi connectivity index (χ3n) is 4.54. The Morgan fingerprint density at radius 3 is 2.42 bits per heavy atom. The molecular weight excluding hydrogens is 242 g/mol. The minimum atomic E-state index is -0.761. The first-order valence-electron chi connectivity index (χ1n) is 7.39. The number of carboxylic acid groups (broad SMARTS) is 1. The molecule has 0 saturated heterocycles. The largest absolute Gasteiger partial charge is 0.481 e. The van der Waals surface area contributed by atoms with Gasteiger partial charge in [-0.05, 0) is 37.5 Å². The lowest BCUT2D eigenvalue weighted by molar-refractivity contribution is -0.151. The number of nitrogens with one attached hydrogen (secondary N) is 1. The Kier molecular flexibility index (Phi) is 5.83. The van der Waals surface area contributed by atoms with Crippen molar-refractivity contribution in [2.45, 2.75) is 59.3 Å². The Balaban J connectivity index is 2.51. The van der Waals surface area contributed by atoms with Crippen molar-refractivity contribution in [3.63, 3.8) is 0 Å². The van der Waals surface area contributed by atoms with Gasteiger partial charge in [-0.1, -0.05) is 27.2 Å². The van der Waals surface area contributed by atoms with Crippen LogP contribution in [0.15, 0.2) is 0 Å². The first kappa shape index (κ1) is 16.0. The molecule has 1 atom stereocenters. The van der Waals surface area contributed by atoms with E-state index in [1.54, 1.807) is 0 Å². The van der Waals surface area contributed by atoms with Gasteiger partial charge in [0.15, 0.2) is 0 Å². The highest BCUT2D eigenvalue weighted by Gasteiger charge is 2.41. The molecule has 0 aromatic carbocycles. The molecule has 1 amide bonds. The Hall–Kier alpha value is -1.06. The molecule has 4 nitrogen and oxygen atoms in total. The van der Waals surface area contributed by atoms with Gasteiger partial charge in [-0.2, -0.15) is 0 Å². The molecule has 1 aliphatic rings. The van der Waals surface area contributed by atoms with Crippen LogP contribution in [-0.4, -0.2) is 23.5 Å². The highest BCUT2D eigenvalue weighted by atomic mass is 16.4. The SMILES string of the molecule is CCC(C)CC(=O)NCC1(C(=O)O)CCC(C)CC1. The zero-order valence-corrected chi connectivity index (χ0v) is 12.4. The molecule has 0 aromatic rings. The van der Waals surface area contributed by atoms with E-state index in [2.05, 4.69) is 19.2 Å². The van der Waals surface area contributed by atoms with E-state index < -0.39 is 11.4 Å². The van der Waals surface area contributed by atoms with E-state index in [-0.39, 0.29) is 12.5 Å². The summed E-state index contributed by atoms with van der Waals surface area (Å²) >= 11 is 0. The number of carbonyl (C=O) groups is 2. The Morgan fingerprint density at radius 2 is 1.95 bits per heavy atom. The van der Waals surface area contributed by atoms with Crippen molar-refractivity contribution >= 4 is 11.9 Å². The fourth-order valence-electron chi connectivity index (χ4n) is 2.58. The molecule has 0 aliphatic heterocycles. The van der Waals surface area contributed by atoms with Crippen molar-refractivity contribution in [1.82, 2.24) is 5.32 Å². The van der Waals surface area contributed by atoms with Crippen molar-refractivity contribution in [3.05, 3.63) is 0 Å². The molecule has 0 radical (unpaired) electrons. The van der Waals surface area contributed by atoms with E-state index >= 15 is 0 Å². The molecule has 110 valence electrons. The molecule has 4 heteroatoms. The first-order valence-corrected chi connectivity index (χ1v) is 7.39. The highest BCUT2D eigenvalue weighted by molar-refractivity contribution is 5.79. The van der Waals surface area contributed by atoms with Crippen LogP contribution in [-0.2, 0) is 9.59 Å². The van der Waals surface area contributed by atoms with Crippen molar-refractivity contribution in [1.29, 1.82) is 0 Å². The molecule has 0 bridgehead atoms. The van der Waals surface area contributed by atoms with Crippen LogP contribution in [0.2, 0.25) is 0 Å². The summed E-state index contributed by atoms with van der Waals surface area (Å²) in [4.78, 5) is 23.3. The van der Waals surface area contributed by atoms with Gasteiger partial charge >= 0.3 is 5.97 Å². The summed E-state index contributed by atoms with van der Waals surface area (Å²) in [5.74, 6) is 0.173. The summed E-state index contributed by atoms with van der Waals surface area (Å²) < 4.78 is 0. The van der Waals surface area contributed by atoms with Gasteiger partial charge in [0.2, 0.25) is 5.91 Å². The summed E-state index contributed by atoms with van der Waals surface area (Å²) in [6, 6.07) is 0. The molecule has 0 spiro atoms. The molecule has 0 heterocycles. The second-order valence-corrected chi connectivity index (χ2v) is 6.26. The summed E-state index contributed by atoms with van der Waals surface area (Å²) in [6.45, 7) is 6.53. The standard InChI is InChI=1S/C15H27NO3/c1-4-11(2)9-13(17)16-10-15(14(18)19)7-5-12(3)6-8-15/h11-12H,4-10H2,1-3H3,(H,16,17)(H,18,19). The predicted octanol–water partition coefficient (Wildman–Crippen LogP) is 2.82. The summed E-state index contributed by atoms with van der Waals surface area (Å²) in [7, 11) is 0. The van der Waals surface area contributed by atoms with E-state index in [1.165, 1.54) is 0 Å². The lowest BCUT2D eigenvalue weighted by Crippen LogP contribution is -2.45. The molecule has 1 fully saturated rings. The molecule has 1 aliphatic carbocycles. The molecule has 2 N–H and O–H groups in total. The fourth-order valence-corrected chi connectivity index (χ4v) is 2.58. The molecular formula is C15H27NO3. The monoisotopic (exact) mass is 269 g/mol. The van der Waals surface area contributed by atoms with E-state index in [0.717, 1.165) is 19.3 Å². The minimum absolute atomic E-state index is 0.0198. The topological polar surface area (TPSA) is 66.4 Å². The maximum absolute atomic E-state index is 11.8. The number of carboxylic acids is 1. The lowest BCUT2D eigenvalue weighted by atomic mass is 9.71. The smallest absolute Gasteiger partial charge is 0.311 e. The number of aliphatic carboxylic acids is 1. The summed E-state index contributed by atoms with van der Waals surface area (Å²) in [6.07, 6.45) is 4.68. The van der Waals surface area contributed by atoms with Gasteiger partial charge in [0.25, 0.3) is 0 Å². The van der Waals surface area contributed by atoms with Gasteiger partial charge < -0.3 is 10.4 Å².